The minimum absolute atomic E-state index is 0. The maximum absolute atomic E-state index is 12.2. The van der Waals surface area contributed by atoms with E-state index in [9.17, 15) is 5.11 Å². The lowest BCUT2D eigenvalue weighted by molar-refractivity contribution is -0.571. The van der Waals surface area contributed by atoms with Crippen LogP contribution in [0.5, 0.6) is 11.5 Å². The van der Waals surface area contributed by atoms with Crippen LogP contribution in [0.1, 0.15) is 45.1 Å². The Kier molecular flexibility index (Phi) is 7.09. The van der Waals surface area contributed by atoms with Gasteiger partial charge in [-0.3, -0.25) is 4.58 Å². The highest BCUT2D eigenvalue weighted by Gasteiger charge is 2.59. The average molecular weight is 475 g/mol. The summed E-state index contributed by atoms with van der Waals surface area (Å²) in [6.07, 6.45) is 4.49. The highest BCUT2D eigenvalue weighted by molar-refractivity contribution is 5.97. The lowest BCUT2D eigenvalue weighted by Crippen LogP contribution is -3.00. The van der Waals surface area contributed by atoms with Gasteiger partial charge in [0.1, 0.15) is 17.2 Å². The zero-order valence-electron chi connectivity index (χ0n) is 18.0. The zero-order valence-corrected chi connectivity index (χ0v) is 19.6. The van der Waals surface area contributed by atoms with Crippen molar-refractivity contribution < 1.29 is 36.1 Å². The summed E-state index contributed by atoms with van der Waals surface area (Å²) in [7, 11) is 1.67. The van der Waals surface area contributed by atoms with Crippen molar-refractivity contribution in [2.24, 2.45) is 0 Å². The summed E-state index contributed by atoms with van der Waals surface area (Å²) in [5.74, 6) is 2.84. The van der Waals surface area contributed by atoms with Crippen molar-refractivity contribution in [1.82, 2.24) is 0 Å². The van der Waals surface area contributed by atoms with Crippen molar-refractivity contribution >= 4 is 11.5 Å². The fourth-order valence-electron chi connectivity index (χ4n) is 4.68. The van der Waals surface area contributed by atoms with Crippen LogP contribution in [-0.4, -0.2) is 41.8 Å². The van der Waals surface area contributed by atoms with Crippen LogP contribution in [0, 0.1) is 0 Å². The second-order valence-electron chi connectivity index (χ2n) is 7.81. The van der Waals surface area contributed by atoms with Gasteiger partial charge in [0.15, 0.2) is 6.04 Å². The van der Waals surface area contributed by atoms with Crippen LogP contribution < -0.4 is 31.4 Å². The molecule has 6 heteroatoms. The highest BCUT2D eigenvalue weighted by Crippen LogP contribution is 2.42. The van der Waals surface area contributed by atoms with Crippen LogP contribution in [0.4, 0.5) is 5.69 Å². The van der Waals surface area contributed by atoms with Gasteiger partial charge < -0.3 is 31.6 Å². The second kappa shape index (κ2) is 9.40. The van der Waals surface area contributed by atoms with Crippen molar-refractivity contribution in [2.75, 3.05) is 25.2 Å². The van der Waals surface area contributed by atoms with Crippen molar-refractivity contribution in [3.05, 3.63) is 54.1 Å². The van der Waals surface area contributed by atoms with Crippen LogP contribution in [-0.2, 0) is 5.72 Å². The summed E-state index contributed by atoms with van der Waals surface area (Å²) >= 11 is 0. The first-order chi connectivity index (χ1) is 14.1. The lowest BCUT2D eigenvalue weighted by Gasteiger charge is -2.32. The molecular formula is C24H31BrN2O3. The molecule has 2 atom stereocenters. The third-order valence-corrected chi connectivity index (χ3v) is 6.20. The molecule has 0 amide bonds. The Balaban J connectivity index is 0.00000256. The van der Waals surface area contributed by atoms with Crippen LogP contribution >= 0.6 is 0 Å². The molecule has 0 aliphatic carbocycles. The van der Waals surface area contributed by atoms with E-state index in [-0.39, 0.29) is 23.0 Å². The number of rotatable bonds is 5. The van der Waals surface area contributed by atoms with E-state index < -0.39 is 5.72 Å². The summed E-state index contributed by atoms with van der Waals surface area (Å²) in [6, 6.07) is 15.8. The number of nitrogens with zero attached hydrogens (tertiary/aromatic N) is 2. The lowest BCUT2D eigenvalue weighted by atomic mass is 9.93. The number of amidine groups is 1. The topological polar surface area (TPSA) is 44.9 Å². The molecule has 1 N–H and O–H groups in total. The first-order valence-corrected chi connectivity index (χ1v) is 10.6. The van der Waals surface area contributed by atoms with Crippen LogP contribution in [0.15, 0.2) is 48.5 Å². The van der Waals surface area contributed by atoms with Gasteiger partial charge in [0.25, 0.3) is 11.6 Å². The fourth-order valence-corrected chi connectivity index (χ4v) is 4.68. The van der Waals surface area contributed by atoms with Crippen LogP contribution in [0.25, 0.3) is 0 Å². The number of hydrogen-bond donors (Lipinski definition) is 1. The van der Waals surface area contributed by atoms with E-state index in [0.29, 0.717) is 6.61 Å². The summed E-state index contributed by atoms with van der Waals surface area (Å²) in [5.41, 5.74) is 0.713. The molecule has 30 heavy (non-hydrogen) atoms. The second-order valence-corrected chi connectivity index (χ2v) is 7.81. The first-order valence-electron chi connectivity index (χ1n) is 10.6. The summed E-state index contributed by atoms with van der Waals surface area (Å²) < 4.78 is 13.3. The quantitative estimate of drug-likeness (QED) is 0.659. The van der Waals surface area contributed by atoms with Gasteiger partial charge in [0, 0.05) is 12.0 Å². The van der Waals surface area contributed by atoms with E-state index in [0.717, 1.165) is 48.6 Å². The number of aliphatic hydroxyl groups is 1. The van der Waals surface area contributed by atoms with E-state index in [1.807, 2.05) is 55.5 Å². The smallest absolute Gasteiger partial charge is 0.278 e. The molecule has 2 aliphatic rings. The maximum atomic E-state index is 12.2. The molecule has 0 aromatic heterocycles. The summed E-state index contributed by atoms with van der Waals surface area (Å²) in [5, 5.41) is 12.2. The molecule has 0 radical (unpaired) electrons. The first kappa shape index (κ1) is 22.6. The largest absolute Gasteiger partial charge is 1.00 e. The van der Waals surface area contributed by atoms with Gasteiger partial charge in [-0.2, -0.15) is 4.90 Å². The molecule has 2 unspecified atom stereocenters. The van der Waals surface area contributed by atoms with E-state index >= 15 is 0 Å². The maximum Gasteiger partial charge on any atom is 0.278 e. The molecule has 2 aromatic rings. The molecule has 2 heterocycles. The Morgan fingerprint density at radius 1 is 1.03 bits per heavy atom. The predicted octanol–water partition coefficient (Wildman–Crippen LogP) is 1.14. The molecule has 0 saturated heterocycles. The summed E-state index contributed by atoms with van der Waals surface area (Å²) in [4.78, 5) is 2.14. The minimum Gasteiger partial charge on any atom is -1.00 e. The molecule has 0 bridgehead atoms. The SMILES string of the molecule is CCOc1ccc(C2(O)C(C)[N+]3=C(CCCCC3)N2c2ccc(OC)cc2)cc1.[Br-]. The molecule has 0 saturated carbocycles. The van der Waals surface area contributed by atoms with Crippen LogP contribution in [0.3, 0.4) is 0 Å². The minimum atomic E-state index is -1.15. The standard InChI is InChI=1S/C24H31N2O3.BrH/c1-4-29-22-13-9-19(10-14-22)24(27)18(2)25-17-7-5-6-8-23(25)26(24)20-11-15-21(28-3)16-12-20;/h9-16,18,27H,4-8,17H2,1-3H3;1H/q+1;/p-1. The van der Waals surface area contributed by atoms with E-state index in [4.69, 9.17) is 9.47 Å². The van der Waals surface area contributed by atoms with Gasteiger partial charge >= 0.3 is 0 Å². The Morgan fingerprint density at radius 3 is 2.33 bits per heavy atom. The summed E-state index contributed by atoms with van der Waals surface area (Å²) in [6.45, 7) is 5.71. The van der Waals surface area contributed by atoms with Gasteiger partial charge in [-0.25, -0.2) is 0 Å². The predicted molar refractivity (Wildman–Crippen MR) is 115 cm³/mol. The zero-order chi connectivity index (χ0) is 20.4. The molecule has 5 nitrogen and oxygen atoms in total. The van der Waals surface area contributed by atoms with Crippen molar-refractivity contribution in [3.63, 3.8) is 0 Å². The molecule has 2 aliphatic heterocycles. The van der Waals surface area contributed by atoms with Gasteiger partial charge in [-0.1, -0.05) is 0 Å². The van der Waals surface area contributed by atoms with Gasteiger partial charge in [-0.15, -0.1) is 0 Å². The van der Waals surface area contributed by atoms with E-state index in [1.54, 1.807) is 7.11 Å². The fraction of sp³-hybridized carbons (Fsp3) is 0.458. The van der Waals surface area contributed by atoms with Gasteiger partial charge in [0.2, 0.25) is 0 Å². The molecule has 162 valence electrons. The number of hydrogen-bond acceptors (Lipinski definition) is 4. The van der Waals surface area contributed by atoms with E-state index in [2.05, 4.69) is 16.4 Å². The monoisotopic (exact) mass is 474 g/mol. The Labute approximate surface area is 189 Å². The number of halogens is 1. The third kappa shape index (κ3) is 3.83. The molecule has 2 aromatic carbocycles. The average Bonchev–Trinajstić information content (AvgIpc) is 2.89. The molecular weight excluding hydrogens is 444 g/mol. The molecule has 0 fully saturated rings. The van der Waals surface area contributed by atoms with Crippen molar-refractivity contribution in [3.8, 4) is 11.5 Å². The Bertz CT molecular complexity index is 882. The number of methoxy groups -OCH3 is 1. The Hall–Kier alpha value is -2.05. The Morgan fingerprint density at radius 2 is 1.70 bits per heavy atom. The van der Waals surface area contributed by atoms with Crippen molar-refractivity contribution in [1.29, 1.82) is 0 Å². The van der Waals surface area contributed by atoms with Gasteiger partial charge in [-0.05, 0) is 81.6 Å². The normalized spacial score (nSPS) is 23.5. The van der Waals surface area contributed by atoms with E-state index in [1.165, 1.54) is 12.3 Å². The third-order valence-electron chi connectivity index (χ3n) is 6.20. The number of benzene rings is 2. The highest BCUT2D eigenvalue weighted by atomic mass is 79.9. The molecule has 4 rings (SSSR count). The van der Waals surface area contributed by atoms with Crippen molar-refractivity contribution in [2.45, 2.75) is 51.3 Å². The number of anilines is 1. The number of ether oxygens (including phenoxy) is 2. The van der Waals surface area contributed by atoms with Crippen LogP contribution in [0.2, 0.25) is 0 Å². The molecule has 0 spiro atoms. The van der Waals surface area contributed by atoms with Gasteiger partial charge in [0.05, 0.1) is 20.3 Å².